The predicted octanol–water partition coefficient (Wildman–Crippen LogP) is 3.69. The minimum atomic E-state index is 0.0231. The number of H-pyrrole nitrogens is 1. The van der Waals surface area contributed by atoms with E-state index in [0.717, 1.165) is 22.8 Å². The molecule has 0 radical (unpaired) electrons. The van der Waals surface area contributed by atoms with Gasteiger partial charge in [-0.25, -0.2) is 4.98 Å². The summed E-state index contributed by atoms with van der Waals surface area (Å²) in [4.78, 5) is 7.84. The van der Waals surface area contributed by atoms with Gasteiger partial charge in [0.25, 0.3) is 0 Å². The zero-order chi connectivity index (χ0) is 13.3. The number of hydrogen-bond acceptors (Lipinski definition) is 2. The first kappa shape index (κ1) is 12.7. The predicted molar refractivity (Wildman–Crippen MR) is 74.0 cm³/mol. The Kier molecular flexibility index (Phi) is 3.16. The number of ether oxygens (including phenoxy) is 1. The molecule has 1 N–H and O–H groups in total. The van der Waals surface area contributed by atoms with Crippen LogP contribution in [0.25, 0.3) is 11.3 Å². The molecular weight excluding hydrogens is 224 g/mol. The van der Waals surface area contributed by atoms with Crippen LogP contribution in [0.3, 0.4) is 0 Å². The van der Waals surface area contributed by atoms with Gasteiger partial charge in [-0.3, -0.25) is 0 Å². The van der Waals surface area contributed by atoms with E-state index >= 15 is 0 Å². The van der Waals surface area contributed by atoms with Crippen LogP contribution >= 0.6 is 0 Å². The van der Waals surface area contributed by atoms with Crippen LogP contribution in [0.4, 0.5) is 0 Å². The zero-order valence-electron chi connectivity index (χ0n) is 11.7. The molecule has 0 saturated heterocycles. The van der Waals surface area contributed by atoms with Gasteiger partial charge >= 0.3 is 0 Å². The van der Waals surface area contributed by atoms with Crippen molar-refractivity contribution in [2.75, 3.05) is 7.11 Å². The minimum absolute atomic E-state index is 0.0231. The molecule has 1 aromatic heterocycles. The van der Waals surface area contributed by atoms with Gasteiger partial charge in [0.1, 0.15) is 11.6 Å². The monoisotopic (exact) mass is 244 g/mol. The Hall–Kier alpha value is -1.77. The molecule has 18 heavy (non-hydrogen) atoms. The zero-order valence-corrected chi connectivity index (χ0v) is 11.7. The molecule has 3 heteroatoms. The normalized spacial score (nSPS) is 11.6. The van der Waals surface area contributed by atoms with Crippen LogP contribution in [-0.4, -0.2) is 17.1 Å². The lowest BCUT2D eigenvalue weighted by atomic mass is 9.96. The van der Waals surface area contributed by atoms with E-state index in [1.165, 1.54) is 5.56 Å². The van der Waals surface area contributed by atoms with Crippen LogP contribution in [0.1, 0.15) is 32.2 Å². The fourth-order valence-electron chi connectivity index (χ4n) is 1.87. The highest BCUT2D eigenvalue weighted by atomic mass is 16.5. The lowest BCUT2D eigenvalue weighted by Crippen LogP contribution is -2.13. The summed E-state index contributed by atoms with van der Waals surface area (Å²) in [5, 5.41) is 0. The molecule has 96 valence electrons. The van der Waals surface area contributed by atoms with Crippen molar-refractivity contribution in [3.63, 3.8) is 0 Å². The average Bonchev–Trinajstić information content (AvgIpc) is 2.77. The molecule has 0 saturated carbocycles. The lowest BCUT2D eigenvalue weighted by molar-refractivity contribution is 0.416. The highest BCUT2D eigenvalue weighted by molar-refractivity contribution is 5.67. The van der Waals surface area contributed by atoms with Crippen molar-refractivity contribution in [1.29, 1.82) is 0 Å². The van der Waals surface area contributed by atoms with E-state index in [0.29, 0.717) is 0 Å². The Balaban J connectivity index is 2.49. The molecule has 0 fully saturated rings. The second kappa shape index (κ2) is 4.48. The quantitative estimate of drug-likeness (QED) is 0.874. The molecule has 3 nitrogen and oxygen atoms in total. The molecule has 1 aromatic carbocycles. The maximum absolute atomic E-state index is 5.40. The Morgan fingerprint density at radius 3 is 2.50 bits per heavy atom. The number of nitrogens with zero attached hydrogens (tertiary/aromatic N) is 1. The van der Waals surface area contributed by atoms with Gasteiger partial charge in [-0.1, -0.05) is 32.4 Å². The molecule has 2 rings (SSSR count). The summed E-state index contributed by atoms with van der Waals surface area (Å²) in [6.45, 7) is 8.50. The first-order valence-electron chi connectivity index (χ1n) is 6.12. The topological polar surface area (TPSA) is 37.9 Å². The number of aromatic amines is 1. The molecule has 0 aliphatic heterocycles. The highest BCUT2D eigenvalue weighted by Crippen LogP contribution is 2.31. The van der Waals surface area contributed by atoms with E-state index in [4.69, 9.17) is 4.74 Å². The molecule has 0 aliphatic rings. The summed E-state index contributed by atoms with van der Waals surface area (Å²) in [6, 6.07) is 6.14. The van der Waals surface area contributed by atoms with Crippen molar-refractivity contribution in [1.82, 2.24) is 9.97 Å². The van der Waals surface area contributed by atoms with Crippen LogP contribution in [0, 0.1) is 6.92 Å². The largest absolute Gasteiger partial charge is 0.496 e. The van der Waals surface area contributed by atoms with Gasteiger partial charge in [0.2, 0.25) is 0 Å². The van der Waals surface area contributed by atoms with Crippen molar-refractivity contribution in [2.45, 2.75) is 33.1 Å². The Morgan fingerprint density at radius 2 is 1.94 bits per heavy atom. The van der Waals surface area contributed by atoms with Gasteiger partial charge in [0, 0.05) is 11.0 Å². The first-order chi connectivity index (χ1) is 8.41. The molecular formula is C15H20N2O. The summed E-state index contributed by atoms with van der Waals surface area (Å²) < 4.78 is 5.40. The molecule has 0 spiro atoms. The Morgan fingerprint density at radius 1 is 1.22 bits per heavy atom. The van der Waals surface area contributed by atoms with Gasteiger partial charge in [-0.15, -0.1) is 0 Å². The maximum atomic E-state index is 5.40. The van der Waals surface area contributed by atoms with E-state index in [1.54, 1.807) is 7.11 Å². The lowest BCUT2D eigenvalue weighted by Gasteiger charge is -2.14. The highest BCUT2D eigenvalue weighted by Gasteiger charge is 2.18. The van der Waals surface area contributed by atoms with Gasteiger partial charge in [-0.2, -0.15) is 0 Å². The molecule has 0 unspecified atom stereocenters. The van der Waals surface area contributed by atoms with Crippen molar-refractivity contribution < 1.29 is 4.74 Å². The molecule has 0 aliphatic carbocycles. The second-order valence-electron chi connectivity index (χ2n) is 5.60. The van der Waals surface area contributed by atoms with Gasteiger partial charge in [0.05, 0.1) is 19.0 Å². The van der Waals surface area contributed by atoms with Crippen molar-refractivity contribution in [3.05, 3.63) is 35.8 Å². The number of nitrogens with one attached hydrogen (secondary N) is 1. The number of benzene rings is 1. The number of rotatable bonds is 2. The van der Waals surface area contributed by atoms with Crippen LogP contribution in [-0.2, 0) is 5.41 Å². The molecule has 2 aromatic rings. The Bertz CT molecular complexity index is 550. The van der Waals surface area contributed by atoms with Crippen LogP contribution < -0.4 is 4.74 Å². The number of methoxy groups -OCH3 is 1. The third kappa shape index (κ3) is 2.40. The van der Waals surface area contributed by atoms with Crippen LogP contribution in [0.15, 0.2) is 24.4 Å². The number of imidazole rings is 1. The van der Waals surface area contributed by atoms with Gasteiger partial charge in [-0.05, 0) is 19.1 Å². The van der Waals surface area contributed by atoms with Gasteiger partial charge in [0.15, 0.2) is 0 Å². The average molecular weight is 244 g/mol. The van der Waals surface area contributed by atoms with Crippen molar-refractivity contribution >= 4 is 0 Å². The molecule has 0 amide bonds. The van der Waals surface area contributed by atoms with E-state index in [1.807, 2.05) is 18.3 Å². The number of aromatic nitrogens is 2. The van der Waals surface area contributed by atoms with E-state index < -0.39 is 0 Å². The van der Waals surface area contributed by atoms with Gasteiger partial charge < -0.3 is 9.72 Å². The fraction of sp³-hybridized carbons (Fsp3) is 0.400. The van der Waals surface area contributed by atoms with Crippen molar-refractivity contribution in [3.8, 4) is 17.0 Å². The van der Waals surface area contributed by atoms with E-state index in [-0.39, 0.29) is 5.41 Å². The van der Waals surface area contributed by atoms with Crippen molar-refractivity contribution in [2.24, 2.45) is 0 Å². The second-order valence-corrected chi connectivity index (χ2v) is 5.60. The Labute approximate surface area is 108 Å². The molecule has 0 atom stereocenters. The number of hydrogen-bond donors (Lipinski definition) is 1. The van der Waals surface area contributed by atoms with E-state index in [9.17, 15) is 0 Å². The molecule has 1 heterocycles. The summed E-state index contributed by atoms with van der Waals surface area (Å²) in [5.74, 6) is 1.85. The third-order valence-electron chi connectivity index (χ3n) is 2.93. The smallest absolute Gasteiger partial charge is 0.128 e. The fourth-order valence-corrected chi connectivity index (χ4v) is 1.87. The minimum Gasteiger partial charge on any atom is -0.496 e. The van der Waals surface area contributed by atoms with E-state index in [2.05, 4.69) is 43.7 Å². The summed E-state index contributed by atoms with van der Waals surface area (Å²) in [6.07, 6.45) is 1.87. The summed E-state index contributed by atoms with van der Waals surface area (Å²) in [5.41, 5.74) is 3.29. The first-order valence-corrected chi connectivity index (χ1v) is 6.12. The maximum Gasteiger partial charge on any atom is 0.128 e. The van der Waals surface area contributed by atoms with Crippen LogP contribution in [0.5, 0.6) is 5.75 Å². The third-order valence-corrected chi connectivity index (χ3v) is 2.93. The SMILES string of the molecule is COc1ccc(C)cc1-c1cnc(C(C)(C)C)[nH]1. The number of aryl methyl sites for hydroxylation is 1. The summed E-state index contributed by atoms with van der Waals surface area (Å²) >= 11 is 0. The van der Waals surface area contributed by atoms with Crippen LogP contribution in [0.2, 0.25) is 0 Å². The summed E-state index contributed by atoms with van der Waals surface area (Å²) in [7, 11) is 1.69. The molecule has 0 bridgehead atoms. The standard InChI is InChI=1S/C15H20N2O/c1-10-6-7-13(18-5)11(8-10)12-9-16-14(17-12)15(2,3)4/h6-9H,1-5H3,(H,16,17).